The highest BCUT2D eigenvalue weighted by molar-refractivity contribution is 5.48. The van der Waals surface area contributed by atoms with E-state index < -0.39 is 22.8 Å². The lowest BCUT2D eigenvalue weighted by molar-refractivity contribution is 0.131. The molecule has 3 aromatic rings. The van der Waals surface area contributed by atoms with Crippen molar-refractivity contribution >= 4 is 12.2 Å². The van der Waals surface area contributed by atoms with Crippen LogP contribution in [-0.4, -0.2) is 16.6 Å². The maximum Gasteiger partial charge on any atom is 0.272 e. The molecule has 6 nitrogen and oxygen atoms in total. The quantitative estimate of drug-likeness (QED) is 0.494. The first kappa shape index (κ1) is 19.2. The summed E-state index contributed by atoms with van der Waals surface area (Å²) in [6.45, 7) is 4.16. The summed E-state index contributed by atoms with van der Waals surface area (Å²) in [7, 11) is 0. The Morgan fingerprint density at radius 2 is 1.64 bits per heavy atom. The molecule has 3 rings (SSSR count). The second-order valence-electron chi connectivity index (χ2n) is 5.83. The third-order valence-electron chi connectivity index (χ3n) is 3.63. The van der Waals surface area contributed by atoms with Gasteiger partial charge in [0.2, 0.25) is 0 Å². The molecule has 0 atom stereocenters. The fraction of sp³-hybridized carbons (Fsp3) is 0.100. The summed E-state index contributed by atoms with van der Waals surface area (Å²) in [5.41, 5.74) is -1.12. The smallest absolute Gasteiger partial charge is 0.272 e. The average molecular weight is 386 g/mol. The molecule has 0 aliphatic rings. The highest BCUT2D eigenvalue weighted by Crippen LogP contribution is 2.09. The van der Waals surface area contributed by atoms with Crippen molar-refractivity contribution in [2.45, 2.75) is 6.61 Å². The van der Waals surface area contributed by atoms with Crippen LogP contribution in [0.1, 0.15) is 17.1 Å². The minimum atomic E-state index is -0.791. The number of H-pyrrole nitrogens is 2. The minimum absolute atomic E-state index is 0.0273. The predicted molar refractivity (Wildman–Crippen MR) is 99.0 cm³/mol. The zero-order chi connectivity index (χ0) is 20.1. The maximum absolute atomic E-state index is 13.3. The fourth-order valence-electron chi connectivity index (χ4n) is 2.46. The van der Waals surface area contributed by atoms with Gasteiger partial charge in [0.05, 0.1) is 6.61 Å². The molecule has 0 aliphatic heterocycles. The maximum atomic E-state index is 13.3. The van der Waals surface area contributed by atoms with Crippen LogP contribution in [0.5, 0.6) is 0 Å². The van der Waals surface area contributed by atoms with Gasteiger partial charge in [0.25, 0.3) is 11.1 Å². The molecule has 2 aromatic heterocycles. The first-order valence-corrected chi connectivity index (χ1v) is 8.24. The largest absolute Gasteiger partial charge is 0.459 e. The fourth-order valence-corrected chi connectivity index (χ4v) is 2.46. The van der Waals surface area contributed by atoms with Crippen LogP contribution in [-0.2, 0) is 11.3 Å². The van der Waals surface area contributed by atoms with E-state index in [2.05, 4.69) is 16.5 Å². The van der Waals surface area contributed by atoms with Crippen LogP contribution in [0.25, 0.3) is 12.2 Å². The van der Waals surface area contributed by atoms with Crippen molar-refractivity contribution in [3.8, 4) is 0 Å². The lowest BCUT2D eigenvalue weighted by atomic mass is 10.2. The van der Waals surface area contributed by atoms with Gasteiger partial charge in [-0.25, -0.2) is 8.78 Å². The van der Waals surface area contributed by atoms with E-state index in [-0.39, 0.29) is 22.9 Å². The highest BCUT2D eigenvalue weighted by Gasteiger charge is 2.03. The first-order chi connectivity index (χ1) is 13.4. The molecular weight excluding hydrogens is 370 g/mol. The van der Waals surface area contributed by atoms with Gasteiger partial charge in [-0.2, -0.15) is 0 Å². The summed E-state index contributed by atoms with van der Waals surface area (Å²) in [6.07, 6.45) is 4.15. The van der Waals surface area contributed by atoms with Gasteiger partial charge in [-0.3, -0.25) is 9.59 Å². The molecule has 0 bridgehead atoms. The number of hydrogen-bond donors (Lipinski definition) is 2. The lowest BCUT2D eigenvalue weighted by Gasteiger charge is -1.96. The molecular formula is C20H16F2N2O4. The Hall–Kier alpha value is -3.52. The molecule has 0 saturated heterocycles. The van der Waals surface area contributed by atoms with Crippen molar-refractivity contribution in [2.24, 2.45) is 0 Å². The predicted octanol–water partition coefficient (Wildman–Crippen LogP) is 1.29. The van der Waals surface area contributed by atoms with E-state index in [1.807, 2.05) is 0 Å². The normalized spacial score (nSPS) is 12.5. The molecule has 0 spiro atoms. The lowest BCUT2D eigenvalue weighted by Crippen LogP contribution is -2.46. The molecule has 2 N–H and O–H groups in total. The number of hydrogen-bond acceptors (Lipinski definition) is 4. The second-order valence-corrected chi connectivity index (χ2v) is 5.83. The summed E-state index contributed by atoms with van der Waals surface area (Å²) >= 11 is 0. The van der Waals surface area contributed by atoms with Crippen molar-refractivity contribution in [1.82, 2.24) is 9.97 Å². The molecule has 2 heterocycles. The Balaban J connectivity index is 1.95. The number of rotatable bonds is 6. The summed E-state index contributed by atoms with van der Waals surface area (Å²) < 4.78 is 37.3. The van der Waals surface area contributed by atoms with E-state index in [9.17, 15) is 18.4 Å². The SMILES string of the molecule is C=CCOCc1ccc(/C=c2\[nH]c(=O)/c(=C/c3cc(F)cc(F)c3)[nH]c2=O)o1. The topological polar surface area (TPSA) is 88.1 Å². The van der Waals surface area contributed by atoms with Gasteiger partial charge in [-0.05, 0) is 35.9 Å². The van der Waals surface area contributed by atoms with Gasteiger partial charge in [-0.1, -0.05) is 6.08 Å². The molecule has 8 heteroatoms. The Bertz CT molecular complexity index is 1220. The standard InChI is InChI=1S/C20H16F2N2O4/c1-2-5-27-11-16-4-3-15(28-16)10-18-20(26)23-17(19(25)24-18)8-12-6-13(21)9-14(22)7-12/h2-4,6-10H,1,5,11H2,(H,23,26)(H,24,25)/b17-8-,18-10-. The number of ether oxygens (including phenoxy) is 1. The molecule has 0 unspecified atom stereocenters. The second kappa shape index (κ2) is 8.45. The van der Waals surface area contributed by atoms with E-state index in [1.165, 1.54) is 12.2 Å². The van der Waals surface area contributed by atoms with E-state index in [1.54, 1.807) is 18.2 Å². The van der Waals surface area contributed by atoms with Crippen molar-refractivity contribution in [2.75, 3.05) is 6.61 Å². The summed E-state index contributed by atoms with van der Waals surface area (Å²) in [6, 6.07) is 6.10. The Kier molecular flexibility index (Phi) is 5.81. The van der Waals surface area contributed by atoms with Crippen LogP contribution in [0, 0.1) is 11.6 Å². The van der Waals surface area contributed by atoms with E-state index in [4.69, 9.17) is 9.15 Å². The number of nitrogens with one attached hydrogen (secondary N) is 2. The Morgan fingerprint density at radius 3 is 2.29 bits per heavy atom. The van der Waals surface area contributed by atoms with E-state index in [0.717, 1.165) is 12.1 Å². The zero-order valence-corrected chi connectivity index (χ0v) is 14.6. The van der Waals surface area contributed by atoms with Crippen LogP contribution in [0.4, 0.5) is 8.78 Å². The van der Waals surface area contributed by atoms with Crippen molar-refractivity contribution < 1.29 is 17.9 Å². The molecule has 144 valence electrons. The number of aromatic amines is 2. The zero-order valence-electron chi connectivity index (χ0n) is 14.6. The third kappa shape index (κ3) is 4.80. The Labute approximate surface area is 157 Å². The van der Waals surface area contributed by atoms with Gasteiger partial charge < -0.3 is 19.1 Å². The van der Waals surface area contributed by atoms with Gasteiger partial charge >= 0.3 is 0 Å². The van der Waals surface area contributed by atoms with E-state index in [0.29, 0.717) is 24.2 Å². The van der Waals surface area contributed by atoms with E-state index >= 15 is 0 Å². The van der Waals surface area contributed by atoms with Crippen LogP contribution < -0.4 is 21.8 Å². The molecule has 1 aromatic carbocycles. The van der Waals surface area contributed by atoms with Gasteiger partial charge in [0, 0.05) is 12.1 Å². The third-order valence-corrected chi connectivity index (χ3v) is 3.63. The van der Waals surface area contributed by atoms with Gasteiger partial charge in [-0.15, -0.1) is 6.58 Å². The summed E-state index contributed by atoms with van der Waals surface area (Å²) in [4.78, 5) is 29.3. The van der Waals surface area contributed by atoms with Gasteiger partial charge in [0.1, 0.15) is 40.5 Å². The van der Waals surface area contributed by atoms with Crippen molar-refractivity contribution in [1.29, 1.82) is 0 Å². The number of benzene rings is 1. The number of halogens is 2. The summed E-state index contributed by atoms with van der Waals surface area (Å²) in [5.74, 6) is -0.686. The summed E-state index contributed by atoms with van der Waals surface area (Å²) in [5, 5.41) is -0.161. The van der Waals surface area contributed by atoms with Crippen LogP contribution >= 0.6 is 0 Å². The first-order valence-electron chi connectivity index (χ1n) is 8.24. The molecule has 0 radical (unpaired) electrons. The number of furan rings is 1. The highest BCUT2D eigenvalue weighted by atomic mass is 19.1. The number of aromatic nitrogens is 2. The van der Waals surface area contributed by atoms with Crippen molar-refractivity contribution in [3.05, 3.63) is 103 Å². The van der Waals surface area contributed by atoms with Crippen LogP contribution in [0.3, 0.4) is 0 Å². The monoisotopic (exact) mass is 386 g/mol. The van der Waals surface area contributed by atoms with Gasteiger partial charge in [0.15, 0.2) is 0 Å². The van der Waals surface area contributed by atoms with Crippen LogP contribution in [0.2, 0.25) is 0 Å². The van der Waals surface area contributed by atoms with Crippen molar-refractivity contribution in [3.63, 3.8) is 0 Å². The molecule has 0 amide bonds. The molecule has 0 aliphatic carbocycles. The minimum Gasteiger partial charge on any atom is -0.459 e. The molecule has 0 saturated carbocycles. The molecule has 0 fully saturated rings. The molecule has 28 heavy (non-hydrogen) atoms. The van der Waals surface area contributed by atoms with Crippen LogP contribution in [0.15, 0.2) is 57.0 Å². The Morgan fingerprint density at radius 1 is 1.00 bits per heavy atom. The average Bonchev–Trinajstić information content (AvgIpc) is 3.06.